The smallest absolute Gasteiger partial charge is 0.266 e. The van der Waals surface area contributed by atoms with E-state index in [-0.39, 0.29) is 23.9 Å². The highest BCUT2D eigenvalue weighted by Gasteiger charge is 2.71. The Morgan fingerprint density at radius 1 is 1.07 bits per heavy atom. The molecular formula is C21H21N3O3. The molecule has 1 aromatic heterocycles. The van der Waals surface area contributed by atoms with Crippen LogP contribution in [-0.4, -0.2) is 46.2 Å². The Morgan fingerprint density at radius 2 is 1.78 bits per heavy atom. The van der Waals surface area contributed by atoms with Crippen LogP contribution in [0.15, 0.2) is 65.2 Å². The zero-order chi connectivity index (χ0) is 18.4. The minimum atomic E-state index is -0.543. The average Bonchev–Trinajstić information content (AvgIpc) is 2.98. The number of aromatic nitrogens is 2. The first-order valence-corrected chi connectivity index (χ1v) is 9.22. The molecule has 6 nitrogen and oxygen atoms in total. The number of hydrogen-bond donors (Lipinski definition) is 2. The lowest BCUT2D eigenvalue weighted by atomic mass is 9.95. The van der Waals surface area contributed by atoms with Crippen LogP contribution in [0.5, 0.6) is 0 Å². The van der Waals surface area contributed by atoms with E-state index in [0.29, 0.717) is 24.9 Å². The lowest BCUT2D eigenvalue weighted by molar-refractivity contribution is 0.113. The normalized spacial score (nSPS) is 29.4. The van der Waals surface area contributed by atoms with Gasteiger partial charge in [0.05, 0.1) is 6.10 Å². The van der Waals surface area contributed by atoms with Crippen molar-refractivity contribution < 1.29 is 14.7 Å². The van der Waals surface area contributed by atoms with Crippen molar-refractivity contribution in [2.45, 2.75) is 12.0 Å². The Morgan fingerprint density at radius 3 is 2.48 bits per heavy atom. The van der Waals surface area contributed by atoms with E-state index < -0.39 is 6.10 Å². The molecular weight excluding hydrogens is 342 g/mol. The summed E-state index contributed by atoms with van der Waals surface area (Å²) in [5.41, 5.74) is 1.67. The van der Waals surface area contributed by atoms with Gasteiger partial charge < -0.3 is 19.6 Å². The van der Waals surface area contributed by atoms with Gasteiger partial charge in [0.15, 0.2) is 0 Å². The van der Waals surface area contributed by atoms with Crippen LogP contribution < -0.4 is 4.90 Å². The van der Waals surface area contributed by atoms with E-state index in [9.17, 15) is 10.2 Å². The summed E-state index contributed by atoms with van der Waals surface area (Å²) in [7, 11) is 0. The van der Waals surface area contributed by atoms with E-state index in [1.54, 1.807) is 0 Å². The maximum atomic E-state index is 10.9. The monoisotopic (exact) mass is 363 g/mol. The minimum absolute atomic E-state index is 0.0420. The zero-order valence-electron chi connectivity index (χ0n) is 14.8. The minimum Gasteiger partial charge on any atom is -0.396 e. The fourth-order valence-electron chi connectivity index (χ4n) is 4.76. The molecule has 2 heterocycles. The number of anilines is 1. The van der Waals surface area contributed by atoms with Crippen molar-refractivity contribution in [3.05, 3.63) is 66.2 Å². The molecule has 4 atom stereocenters. The number of rotatable bonds is 4. The topological polar surface area (TPSA) is 82.6 Å². The number of aliphatic hydroxyl groups excluding tert-OH is 2. The third-order valence-corrected chi connectivity index (χ3v) is 6.12. The average molecular weight is 363 g/mol. The van der Waals surface area contributed by atoms with Crippen molar-refractivity contribution in [2.24, 2.45) is 11.3 Å². The summed E-state index contributed by atoms with van der Waals surface area (Å²) < 4.78 is 5.42. The summed E-state index contributed by atoms with van der Waals surface area (Å²) in [6.07, 6.45) is -0.543. The van der Waals surface area contributed by atoms with Gasteiger partial charge in [-0.3, -0.25) is 0 Å². The first-order chi connectivity index (χ1) is 13.2. The van der Waals surface area contributed by atoms with E-state index in [2.05, 4.69) is 22.3 Å². The third kappa shape index (κ3) is 2.48. The second kappa shape index (κ2) is 6.18. The van der Waals surface area contributed by atoms with Crippen LogP contribution in [-0.2, 0) is 0 Å². The Balaban J connectivity index is 1.41. The van der Waals surface area contributed by atoms with Gasteiger partial charge in [-0.25, -0.2) is 0 Å². The largest absolute Gasteiger partial charge is 0.396 e. The standard InChI is InChI=1S/C21H21N3O3/c25-12-16-18(14-7-3-1-4-8-14)21(16)13-24(11-17(21)26)20-22-19(27-23-20)15-9-5-2-6-10-15/h1-10,16-18,25-26H,11-13H2/t16-,17+,18-,21-/m1/s1. The van der Waals surface area contributed by atoms with Crippen molar-refractivity contribution in [2.75, 3.05) is 24.6 Å². The highest BCUT2D eigenvalue weighted by Crippen LogP contribution is 2.68. The second-order valence-electron chi connectivity index (χ2n) is 7.45. The first-order valence-electron chi connectivity index (χ1n) is 9.22. The zero-order valence-corrected chi connectivity index (χ0v) is 14.8. The predicted molar refractivity (Wildman–Crippen MR) is 100 cm³/mol. The van der Waals surface area contributed by atoms with Crippen molar-refractivity contribution in [1.29, 1.82) is 0 Å². The van der Waals surface area contributed by atoms with Crippen molar-refractivity contribution in [3.63, 3.8) is 0 Å². The van der Waals surface area contributed by atoms with E-state index >= 15 is 0 Å². The molecule has 2 N–H and O–H groups in total. The summed E-state index contributed by atoms with van der Waals surface area (Å²) in [6, 6.07) is 19.8. The van der Waals surface area contributed by atoms with E-state index in [4.69, 9.17) is 4.52 Å². The molecule has 5 rings (SSSR count). The fraction of sp³-hybridized carbons (Fsp3) is 0.333. The van der Waals surface area contributed by atoms with Crippen LogP contribution in [0.4, 0.5) is 5.95 Å². The Bertz CT molecular complexity index is 930. The van der Waals surface area contributed by atoms with Crippen molar-refractivity contribution in [3.8, 4) is 11.5 Å². The van der Waals surface area contributed by atoms with Crippen LogP contribution in [0.25, 0.3) is 11.5 Å². The lowest BCUT2D eigenvalue weighted by Crippen LogP contribution is -2.23. The van der Waals surface area contributed by atoms with E-state index in [1.165, 1.54) is 0 Å². The van der Waals surface area contributed by atoms with Crippen LogP contribution in [0.1, 0.15) is 11.5 Å². The van der Waals surface area contributed by atoms with Crippen LogP contribution in [0.3, 0.4) is 0 Å². The highest BCUT2D eigenvalue weighted by molar-refractivity contribution is 5.54. The van der Waals surface area contributed by atoms with Gasteiger partial charge in [-0.2, -0.15) is 4.98 Å². The summed E-state index contributed by atoms with van der Waals surface area (Å²) in [5.74, 6) is 1.14. The molecule has 1 aliphatic heterocycles. The van der Waals surface area contributed by atoms with Gasteiger partial charge in [-0.05, 0) is 34.7 Å². The van der Waals surface area contributed by atoms with Crippen LogP contribution in [0.2, 0.25) is 0 Å². The molecule has 0 radical (unpaired) electrons. The van der Waals surface area contributed by atoms with E-state index in [0.717, 1.165) is 11.1 Å². The molecule has 1 spiro atoms. The number of nitrogens with zero attached hydrogens (tertiary/aromatic N) is 3. The van der Waals surface area contributed by atoms with Crippen LogP contribution >= 0.6 is 0 Å². The molecule has 2 aromatic carbocycles. The molecule has 27 heavy (non-hydrogen) atoms. The van der Waals surface area contributed by atoms with Crippen molar-refractivity contribution >= 4 is 5.95 Å². The first kappa shape index (κ1) is 16.5. The molecule has 2 aliphatic rings. The Kier molecular flexibility index (Phi) is 3.77. The van der Waals surface area contributed by atoms with Gasteiger partial charge in [0.1, 0.15) is 0 Å². The molecule has 0 unspecified atom stereocenters. The lowest BCUT2D eigenvalue weighted by Gasteiger charge is -2.14. The predicted octanol–water partition coefficient (Wildman–Crippen LogP) is 2.31. The highest BCUT2D eigenvalue weighted by atomic mass is 16.5. The molecule has 0 amide bonds. The second-order valence-corrected chi connectivity index (χ2v) is 7.45. The molecule has 1 saturated heterocycles. The summed E-state index contributed by atoms with van der Waals surface area (Å²) in [5, 5.41) is 24.9. The molecule has 3 aromatic rings. The summed E-state index contributed by atoms with van der Waals surface area (Å²) in [4.78, 5) is 6.48. The van der Waals surface area contributed by atoms with Crippen LogP contribution in [0, 0.1) is 11.3 Å². The van der Waals surface area contributed by atoms with E-state index in [1.807, 2.05) is 53.4 Å². The molecule has 1 aliphatic carbocycles. The number of benzene rings is 2. The Labute approximate surface area is 157 Å². The molecule has 1 saturated carbocycles. The van der Waals surface area contributed by atoms with Gasteiger partial charge in [0.25, 0.3) is 11.8 Å². The fourth-order valence-corrected chi connectivity index (χ4v) is 4.76. The number of aliphatic hydroxyl groups is 2. The van der Waals surface area contributed by atoms with Crippen molar-refractivity contribution in [1.82, 2.24) is 10.1 Å². The molecule has 6 heteroatoms. The molecule has 2 fully saturated rings. The molecule has 0 bridgehead atoms. The van der Waals surface area contributed by atoms with Gasteiger partial charge in [0, 0.05) is 30.7 Å². The maximum absolute atomic E-state index is 10.9. The third-order valence-electron chi connectivity index (χ3n) is 6.12. The van der Waals surface area contributed by atoms with Gasteiger partial charge >= 0.3 is 0 Å². The van der Waals surface area contributed by atoms with Gasteiger partial charge in [0.2, 0.25) is 0 Å². The van der Waals surface area contributed by atoms with Gasteiger partial charge in [-0.15, -0.1) is 0 Å². The summed E-state index contributed by atoms with van der Waals surface area (Å²) >= 11 is 0. The quantitative estimate of drug-likeness (QED) is 0.740. The number of hydrogen-bond acceptors (Lipinski definition) is 6. The summed E-state index contributed by atoms with van der Waals surface area (Å²) in [6.45, 7) is 1.10. The SMILES string of the molecule is OC[C@@H]1[C@@H](c2ccccc2)[C@]12CN(c1noc(-c3ccccc3)n1)C[C@@H]2O. The Hall–Kier alpha value is -2.70. The maximum Gasteiger partial charge on any atom is 0.266 e. The molecule has 138 valence electrons. The van der Waals surface area contributed by atoms with Gasteiger partial charge in [-0.1, -0.05) is 48.5 Å². The number of β-amino-alcohol motifs (C(OH)–C–C–N with tert-alkyl or cyclic N) is 1.